The van der Waals surface area contributed by atoms with Crippen molar-refractivity contribution < 1.29 is 18.0 Å². The monoisotopic (exact) mass is 423 g/mol. The first-order valence-corrected chi connectivity index (χ1v) is 10.0. The van der Waals surface area contributed by atoms with E-state index in [1.165, 1.54) is 5.56 Å². The number of hydrogen-bond donors (Lipinski definition) is 0. The first kappa shape index (κ1) is 20.0. The van der Waals surface area contributed by atoms with Crippen molar-refractivity contribution in [3.8, 4) is 0 Å². The van der Waals surface area contributed by atoms with Gasteiger partial charge in [-0.15, -0.1) is 0 Å². The number of carbonyl (C=O) groups excluding carboxylic acids is 1. The van der Waals surface area contributed by atoms with Gasteiger partial charge in [0.1, 0.15) is 5.82 Å². The highest BCUT2D eigenvalue weighted by Crippen LogP contribution is 2.37. The van der Waals surface area contributed by atoms with Gasteiger partial charge in [0.05, 0.1) is 10.6 Å². The molecule has 1 atom stereocenters. The lowest BCUT2D eigenvalue weighted by Crippen LogP contribution is -2.45. The molecule has 3 heterocycles. The normalized spacial score (nSPS) is 20.1. The number of rotatable bonds is 2. The molecule has 1 aromatic carbocycles. The maximum absolute atomic E-state index is 13.2. The van der Waals surface area contributed by atoms with Crippen molar-refractivity contribution in [2.24, 2.45) is 5.92 Å². The summed E-state index contributed by atoms with van der Waals surface area (Å²) in [6.45, 7) is 3.11. The Kier molecular flexibility index (Phi) is 5.19. The molecule has 0 aliphatic carbocycles. The van der Waals surface area contributed by atoms with E-state index in [1.54, 1.807) is 0 Å². The third-order valence-electron chi connectivity index (χ3n) is 5.74. The van der Waals surface area contributed by atoms with Crippen LogP contribution in [0, 0.1) is 5.92 Å². The van der Waals surface area contributed by atoms with Gasteiger partial charge < -0.3 is 9.80 Å². The van der Waals surface area contributed by atoms with Crippen molar-refractivity contribution in [2.75, 3.05) is 22.9 Å². The van der Waals surface area contributed by atoms with Gasteiger partial charge >= 0.3 is 6.18 Å². The number of carbonyl (C=O) groups is 1. The lowest BCUT2D eigenvalue weighted by Gasteiger charge is -2.35. The highest BCUT2D eigenvalue weighted by Gasteiger charge is 2.37. The molecule has 2 aliphatic rings. The van der Waals surface area contributed by atoms with Crippen molar-refractivity contribution in [3.63, 3.8) is 0 Å². The third kappa shape index (κ3) is 3.80. The molecule has 0 radical (unpaired) electrons. The number of amides is 1. The molecule has 0 saturated carbocycles. The van der Waals surface area contributed by atoms with Gasteiger partial charge in [-0.2, -0.15) is 13.2 Å². The van der Waals surface area contributed by atoms with Gasteiger partial charge in [-0.1, -0.05) is 29.8 Å². The average molecular weight is 424 g/mol. The van der Waals surface area contributed by atoms with E-state index in [1.807, 2.05) is 28.0 Å². The van der Waals surface area contributed by atoms with Crippen molar-refractivity contribution in [1.82, 2.24) is 4.98 Å². The van der Waals surface area contributed by atoms with Crippen LogP contribution in [0.2, 0.25) is 5.02 Å². The van der Waals surface area contributed by atoms with Gasteiger partial charge in [-0.25, -0.2) is 4.98 Å². The number of aromatic nitrogens is 1. The van der Waals surface area contributed by atoms with Crippen LogP contribution in [-0.4, -0.2) is 30.0 Å². The van der Waals surface area contributed by atoms with Gasteiger partial charge in [0, 0.05) is 36.9 Å². The summed E-state index contributed by atoms with van der Waals surface area (Å²) in [5.74, 6) is 0.340. The van der Waals surface area contributed by atoms with Crippen LogP contribution in [0.25, 0.3) is 0 Å². The summed E-state index contributed by atoms with van der Waals surface area (Å²) in [5.41, 5.74) is 1.31. The molecule has 1 saturated heterocycles. The lowest BCUT2D eigenvalue weighted by molar-refractivity contribution is -0.137. The number of benzene rings is 1. The molecular weight excluding hydrogens is 403 g/mol. The minimum Gasteiger partial charge on any atom is -0.355 e. The second kappa shape index (κ2) is 7.52. The van der Waals surface area contributed by atoms with Crippen LogP contribution in [0.5, 0.6) is 0 Å². The molecule has 1 fully saturated rings. The number of fused-ring (bicyclic) bond motifs is 1. The fourth-order valence-corrected chi connectivity index (χ4v) is 4.54. The predicted octanol–water partition coefficient (Wildman–Crippen LogP) is 4.95. The molecule has 0 unspecified atom stereocenters. The zero-order valence-electron chi connectivity index (χ0n) is 15.9. The highest BCUT2D eigenvalue weighted by atomic mass is 35.5. The van der Waals surface area contributed by atoms with E-state index in [0.717, 1.165) is 24.4 Å². The Morgan fingerprint density at radius 2 is 1.90 bits per heavy atom. The quantitative estimate of drug-likeness (QED) is 0.686. The van der Waals surface area contributed by atoms with Crippen molar-refractivity contribution in [2.45, 2.75) is 38.4 Å². The summed E-state index contributed by atoms with van der Waals surface area (Å²) in [7, 11) is 0. The third-order valence-corrected chi connectivity index (χ3v) is 6.02. The molecule has 1 aromatic heterocycles. The van der Waals surface area contributed by atoms with Crippen LogP contribution < -0.4 is 9.80 Å². The molecule has 1 amide bonds. The number of halogens is 4. The molecule has 0 spiro atoms. The van der Waals surface area contributed by atoms with Crippen LogP contribution in [0.1, 0.15) is 30.9 Å². The van der Waals surface area contributed by atoms with Crippen LogP contribution in [0.4, 0.5) is 24.7 Å². The fraction of sp³-hybridized carbons (Fsp3) is 0.429. The smallest absolute Gasteiger partial charge is 0.355 e. The van der Waals surface area contributed by atoms with E-state index in [2.05, 4.69) is 18.0 Å². The van der Waals surface area contributed by atoms with Gasteiger partial charge in [0.2, 0.25) is 5.91 Å². The first-order valence-electron chi connectivity index (χ1n) is 9.64. The molecule has 29 heavy (non-hydrogen) atoms. The number of anilines is 2. The number of piperidine rings is 1. The summed E-state index contributed by atoms with van der Waals surface area (Å²) in [4.78, 5) is 20.9. The van der Waals surface area contributed by atoms with Gasteiger partial charge in [-0.05, 0) is 43.9 Å². The topological polar surface area (TPSA) is 36.4 Å². The maximum Gasteiger partial charge on any atom is 0.417 e. The number of alkyl halides is 3. The number of hydrogen-bond acceptors (Lipinski definition) is 3. The minimum atomic E-state index is -4.47. The molecule has 0 N–H and O–H groups in total. The maximum atomic E-state index is 13.2. The Labute approximate surface area is 172 Å². The second-order valence-corrected chi connectivity index (χ2v) is 8.09. The molecule has 2 aliphatic heterocycles. The summed E-state index contributed by atoms with van der Waals surface area (Å²) in [5, 5.41) is -0.0216. The van der Waals surface area contributed by atoms with Crippen LogP contribution in [-0.2, 0) is 17.4 Å². The average Bonchev–Trinajstić information content (AvgIpc) is 3.02. The van der Waals surface area contributed by atoms with E-state index in [9.17, 15) is 18.0 Å². The highest BCUT2D eigenvalue weighted by molar-refractivity contribution is 6.33. The molecule has 0 bridgehead atoms. The van der Waals surface area contributed by atoms with Crippen LogP contribution in [0.15, 0.2) is 36.5 Å². The Hall–Kier alpha value is -2.28. The van der Waals surface area contributed by atoms with Crippen LogP contribution >= 0.6 is 11.6 Å². The van der Waals surface area contributed by atoms with E-state index >= 15 is 0 Å². The second-order valence-electron chi connectivity index (χ2n) is 7.68. The molecule has 4 nitrogen and oxygen atoms in total. The van der Waals surface area contributed by atoms with E-state index in [4.69, 9.17) is 11.6 Å². The van der Waals surface area contributed by atoms with E-state index in [-0.39, 0.29) is 22.9 Å². The summed E-state index contributed by atoms with van der Waals surface area (Å²) in [6.07, 6.45) is -1.59. The fourth-order valence-electron chi connectivity index (χ4n) is 4.25. The summed E-state index contributed by atoms with van der Waals surface area (Å²) in [6, 6.07) is 9.00. The Morgan fingerprint density at radius 3 is 2.55 bits per heavy atom. The predicted molar refractivity (Wildman–Crippen MR) is 106 cm³/mol. The van der Waals surface area contributed by atoms with E-state index in [0.29, 0.717) is 31.7 Å². The summed E-state index contributed by atoms with van der Waals surface area (Å²) >= 11 is 6.07. The Balaban J connectivity index is 1.44. The SMILES string of the molecule is C[C@H]1Cc2ccccc2N1C(=O)C1CCN(c2ncc(C(F)(F)F)cc2Cl)CC1. The van der Waals surface area contributed by atoms with Gasteiger partial charge in [0.15, 0.2) is 0 Å². The zero-order chi connectivity index (χ0) is 20.8. The standard InChI is InChI=1S/C21H21ClF3N3O/c1-13-10-15-4-2-3-5-18(15)28(13)20(29)14-6-8-27(9-7-14)19-17(22)11-16(12-26-19)21(23,24)25/h2-5,11-14H,6-10H2,1H3/t13-/m0/s1. The molecule has 154 valence electrons. The molecule has 4 rings (SSSR count). The summed E-state index contributed by atoms with van der Waals surface area (Å²) < 4.78 is 38.4. The Morgan fingerprint density at radius 1 is 1.21 bits per heavy atom. The van der Waals surface area contributed by atoms with Gasteiger partial charge in [-0.3, -0.25) is 4.79 Å². The number of para-hydroxylation sites is 1. The van der Waals surface area contributed by atoms with Gasteiger partial charge in [0.25, 0.3) is 0 Å². The Bertz CT molecular complexity index is 926. The molecule has 2 aromatic rings. The van der Waals surface area contributed by atoms with Crippen LogP contribution in [0.3, 0.4) is 0 Å². The molecular formula is C21H21ClF3N3O. The number of nitrogens with zero attached hydrogens (tertiary/aromatic N) is 3. The largest absolute Gasteiger partial charge is 0.417 e. The van der Waals surface area contributed by atoms with Crippen molar-refractivity contribution in [1.29, 1.82) is 0 Å². The van der Waals surface area contributed by atoms with E-state index < -0.39 is 11.7 Å². The lowest BCUT2D eigenvalue weighted by atomic mass is 9.94. The number of pyridine rings is 1. The molecule has 8 heteroatoms. The van der Waals surface area contributed by atoms with Crippen molar-refractivity contribution >= 4 is 29.0 Å². The van der Waals surface area contributed by atoms with Crippen molar-refractivity contribution in [3.05, 3.63) is 52.7 Å². The zero-order valence-corrected chi connectivity index (χ0v) is 16.7. The minimum absolute atomic E-state index is 0.0216. The first-order chi connectivity index (χ1) is 13.8.